The van der Waals surface area contributed by atoms with Crippen molar-refractivity contribution < 1.29 is 9.90 Å². The molecule has 0 saturated heterocycles. The molecule has 0 aromatic carbocycles. The zero-order valence-corrected chi connectivity index (χ0v) is 10.7. The number of nitrogens with zero attached hydrogens (tertiary/aromatic N) is 2. The minimum absolute atomic E-state index is 0.0406. The number of carboxylic acids is 1. The lowest BCUT2D eigenvalue weighted by Gasteiger charge is -2.00. The summed E-state index contributed by atoms with van der Waals surface area (Å²) in [4.78, 5) is 16.6. The normalized spacial score (nSPS) is 10.9. The number of nitrogen functional groups attached to an aromatic ring is 1. The SMILES string of the molecule is Nc1ccn2c(Cc3cccs3)nc(C(=O)O)c2c1. The van der Waals surface area contributed by atoms with Crippen molar-refractivity contribution >= 4 is 28.5 Å². The summed E-state index contributed by atoms with van der Waals surface area (Å²) in [5.41, 5.74) is 6.80. The second-order valence-corrected chi connectivity index (χ2v) is 5.19. The monoisotopic (exact) mass is 273 g/mol. The Labute approximate surface area is 112 Å². The number of hydrogen-bond acceptors (Lipinski definition) is 4. The number of imidazole rings is 1. The van der Waals surface area contributed by atoms with Gasteiger partial charge in [0.05, 0.1) is 5.52 Å². The lowest BCUT2D eigenvalue weighted by Crippen LogP contribution is -1.98. The summed E-state index contributed by atoms with van der Waals surface area (Å²) in [5, 5.41) is 11.2. The number of anilines is 1. The molecular weight excluding hydrogens is 262 g/mol. The van der Waals surface area contributed by atoms with Crippen molar-refractivity contribution in [3.8, 4) is 0 Å². The van der Waals surface area contributed by atoms with Gasteiger partial charge in [0.1, 0.15) is 5.82 Å². The molecule has 3 aromatic rings. The van der Waals surface area contributed by atoms with Crippen molar-refractivity contribution in [2.75, 3.05) is 5.73 Å². The first-order valence-corrected chi connectivity index (χ1v) is 6.55. The van der Waals surface area contributed by atoms with Crippen LogP contribution in [0.4, 0.5) is 5.69 Å². The summed E-state index contributed by atoms with van der Waals surface area (Å²) < 4.78 is 1.78. The molecule has 0 radical (unpaired) electrons. The van der Waals surface area contributed by atoms with Gasteiger partial charge in [0, 0.05) is 23.2 Å². The van der Waals surface area contributed by atoms with E-state index in [9.17, 15) is 9.90 Å². The Kier molecular flexibility index (Phi) is 2.72. The molecule has 3 rings (SSSR count). The molecule has 0 bridgehead atoms. The number of carboxylic acid groups (broad SMARTS) is 1. The molecule has 0 aliphatic rings. The number of thiophene rings is 1. The van der Waals surface area contributed by atoms with E-state index in [1.165, 1.54) is 0 Å². The van der Waals surface area contributed by atoms with Crippen LogP contribution < -0.4 is 5.73 Å². The molecule has 0 amide bonds. The van der Waals surface area contributed by atoms with Gasteiger partial charge in [-0.15, -0.1) is 11.3 Å². The van der Waals surface area contributed by atoms with Crippen molar-refractivity contribution in [2.24, 2.45) is 0 Å². The van der Waals surface area contributed by atoms with Crippen LogP contribution >= 0.6 is 11.3 Å². The Morgan fingerprint density at radius 3 is 3.00 bits per heavy atom. The molecule has 0 aliphatic heterocycles. The van der Waals surface area contributed by atoms with Gasteiger partial charge < -0.3 is 15.2 Å². The van der Waals surface area contributed by atoms with Gasteiger partial charge in [0.2, 0.25) is 0 Å². The first kappa shape index (κ1) is 11.7. The summed E-state index contributed by atoms with van der Waals surface area (Å²) >= 11 is 1.62. The lowest BCUT2D eigenvalue weighted by molar-refractivity contribution is 0.0693. The maximum atomic E-state index is 11.2. The Balaban J connectivity index is 2.17. The van der Waals surface area contributed by atoms with Gasteiger partial charge in [-0.3, -0.25) is 0 Å². The maximum absolute atomic E-state index is 11.2. The minimum Gasteiger partial charge on any atom is -0.476 e. The highest BCUT2D eigenvalue weighted by atomic mass is 32.1. The van der Waals surface area contributed by atoms with E-state index < -0.39 is 5.97 Å². The number of nitrogens with two attached hydrogens (primary N) is 1. The van der Waals surface area contributed by atoms with Crippen LogP contribution in [0.1, 0.15) is 21.2 Å². The zero-order chi connectivity index (χ0) is 13.4. The fraction of sp³-hybridized carbons (Fsp3) is 0.0769. The van der Waals surface area contributed by atoms with Gasteiger partial charge >= 0.3 is 5.97 Å². The molecule has 5 nitrogen and oxygen atoms in total. The van der Waals surface area contributed by atoms with Gasteiger partial charge in [0.15, 0.2) is 5.69 Å². The van der Waals surface area contributed by atoms with E-state index in [1.54, 1.807) is 34.1 Å². The van der Waals surface area contributed by atoms with Crippen LogP contribution in [0.25, 0.3) is 5.52 Å². The smallest absolute Gasteiger partial charge is 0.356 e. The number of aromatic carboxylic acids is 1. The van der Waals surface area contributed by atoms with E-state index in [2.05, 4.69) is 4.98 Å². The van der Waals surface area contributed by atoms with Crippen LogP contribution in [0.3, 0.4) is 0 Å². The topological polar surface area (TPSA) is 80.6 Å². The van der Waals surface area contributed by atoms with Crippen molar-refractivity contribution in [1.82, 2.24) is 9.38 Å². The summed E-state index contributed by atoms with van der Waals surface area (Å²) in [6, 6.07) is 7.34. The van der Waals surface area contributed by atoms with Gasteiger partial charge in [-0.25, -0.2) is 9.78 Å². The van der Waals surface area contributed by atoms with Gasteiger partial charge in [-0.2, -0.15) is 0 Å². The highest BCUT2D eigenvalue weighted by Gasteiger charge is 2.17. The van der Waals surface area contributed by atoms with Crippen LogP contribution in [-0.2, 0) is 6.42 Å². The number of hydrogen-bond donors (Lipinski definition) is 2. The van der Waals surface area contributed by atoms with Crippen LogP contribution in [0, 0.1) is 0 Å². The third kappa shape index (κ3) is 2.06. The van der Waals surface area contributed by atoms with Crippen molar-refractivity contribution in [3.05, 3.63) is 52.2 Å². The standard InChI is InChI=1S/C13H11N3O2S/c14-8-3-4-16-10(6-8)12(13(17)18)15-11(16)7-9-2-1-5-19-9/h1-6H,7,14H2,(H,17,18). The van der Waals surface area contributed by atoms with Crippen molar-refractivity contribution in [1.29, 1.82) is 0 Å². The number of pyridine rings is 1. The molecule has 0 saturated carbocycles. The third-order valence-corrected chi connectivity index (χ3v) is 3.73. The second-order valence-electron chi connectivity index (χ2n) is 4.15. The number of aromatic nitrogens is 2. The molecular formula is C13H11N3O2S. The molecule has 0 unspecified atom stereocenters. The predicted octanol–water partition coefficient (Wildman–Crippen LogP) is 2.27. The Morgan fingerprint density at radius 2 is 2.32 bits per heavy atom. The average molecular weight is 273 g/mol. The van der Waals surface area contributed by atoms with E-state index >= 15 is 0 Å². The van der Waals surface area contributed by atoms with E-state index in [-0.39, 0.29) is 5.69 Å². The minimum atomic E-state index is -1.04. The molecule has 3 N–H and O–H groups in total. The fourth-order valence-electron chi connectivity index (χ4n) is 2.02. The van der Waals surface area contributed by atoms with E-state index in [0.717, 1.165) is 4.88 Å². The van der Waals surface area contributed by atoms with Crippen LogP contribution in [0.15, 0.2) is 35.8 Å². The predicted molar refractivity (Wildman–Crippen MR) is 73.7 cm³/mol. The van der Waals surface area contributed by atoms with E-state index in [1.807, 2.05) is 17.5 Å². The Hall–Kier alpha value is -2.34. The van der Waals surface area contributed by atoms with Crippen LogP contribution in [-0.4, -0.2) is 20.5 Å². The van der Waals surface area contributed by atoms with Gasteiger partial charge in [-0.05, 0) is 23.6 Å². The molecule has 96 valence electrons. The number of carbonyl (C=O) groups is 1. The molecule has 0 fully saturated rings. The molecule has 3 heterocycles. The Bertz CT molecular complexity index is 747. The molecule has 6 heteroatoms. The molecule has 3 aromatic heterocycles. The fourth-order valence-corrected chi connectivity index (χ4v) is 2.72. The first-order chi connectivity index (χ1) is 9.15. The summed E-state index contributed by atoms with van der Waals surface area (Å²) in [6.45, 7) is 0. The molecule has 19 heavy (non-hydrogen) atoms. The summed E-state index contributed by atoms with van der Waals surface area (Å²) in [6.07, 6.45) is 2.36. The highest BCUT2D eigenvalue weighted by molar-refractivity contribution is 7.09. The van der Waals surface area contributed by atoms with Gasteiger partial charge in [-0.1, -0.05) is 6.07 Å². The van der Waals surface area contributed by atoms with Gasteiger partial charge in [0.25, 0.3) is 0 Å². The largest absolute Gasteiger partial charge is 0.476 e. The maximum Gasteiger partial charge on any atom is 0.356 e. The summed E-state index contributed by atoms with van der Waals surface area (Å²) in [5.74, 6) is -0.338. The first-order valence-electron chi connectivity index (χ1n) is 5.67. The third-order valence-electron chi connectivity index (χ3n) is 2.86. The number of rotatable bonds is 3. The highest BCUT2D eigenvalue weighted by Crippen LogP contribution is 2.20. The van der Waals surface area contributed by atoms with E-state index in [0.29, 0.717) is 23.4 Å². The van der Waals surface area contributed by atoms with Crippen molar-refractivity contribution in [2.45, 2.75) is 6.42 Å². The lowest BCUT2D eigenvalue weighted by atomic mass is 10.3. The number of fused-ring (bicyclic) bond motifs is 1. The van der Waals surface area contributed by atoms with Crippen LogP contribution in [0.2, 0.25) is 0 Å². The average Bonchev–Trinajstić information content (AvgIpc) is 2.97. The Morgan fingerprint density at radius 1 is 1.47 bits per heavy atom. The quantitative estimate of drug-likeness (QED) is 0.767. The molecule has 0 atom stereocenters. The zero-order valence-electron chi connectivity index (χ0n) is 9.91. The van der Waals surface area contributed by atoms with E-state index in [4.69, 9.17) is 5.73 Å². The summed E-state index contributed by atoms with van der Waals surface area (Å²) in [7, 11) is 0. The second kappa shape index (κ2) is 4.40. The van der Waals surface area contributed by atoms with Crippen molar-refractivity contribution in [3.63, 3.8) is 0 Å². The molecule has 0 aliphatic carbocycles. The molecule has 0 spiro atoms. The van der Waals surface area contributed by atoms with Crippen LogP contribution in [0.5, 0.6) is 0 Å².